The molecule has 8 nitrogen and oxygen atoms in total. The Morgan fingerprint density at radius 3 is 1.45 bits per heavy atom. The van der Waals surface area contributed by atoms with E-state index in [0.717, 1.165) is 0 Å². The molecule has 0 radical (unpaired) electrons. The van der Waals surface area contributed by atoms with Crippen molar-refractivity contribution in [1.29, 1.82) is 0 Å². The summed E-state index contributed by atoms with van der Waals surface area (Å²) in [5, 5.41) is 0. The Labute approximate surface area is 115 Å². The van der Waals surface area contributed by atoms with Crippen LogP contribution in [0.25, 0.3) is 0 Å². The average Bonchev–Trinajstić information content (AvgIpc) is 2.46. The molecular weight excluding hydrogens is 272 g/mol. The zero-order valence-electron chi connectivity index (χ0n) is 11.6. The fourth-order valence-electron chi connectivity index (χ4n) is 1.34. The number of ether oxygens (including phenoxy) is 6. The van der Waals surface area contributed by atoms with Gasteiger partial charge in [0, 0.05) is 12.2 Å². The van der Waals surface area contributed by atoms with E-state index in [4.69, 9.17) is 18.9 Å². The van der Waals surface area contributed by atoms with E-state index in [1.807, 2.05) is 0 Å². The highest BCUT2D eigenvalue weighted by atomic mass is 16.7. The Kier molecular flexibility index (Phi) is 5.70. The van der Waals surface area contributed by atoms with E-state index in [-0.39, 0.29) is 11.9 Å². The molecule has 1 aliphatic rings. The van der Waals surface area contributed by atoms with Gasteiger partial charge < -0.3 is 28.4 Å². The first kappa shape index (κ1) is 15.7. The van der Waals surface area contributed by atoms with Gasteiger partial charge in [0.25, 0.3) is 11.9 Å². The molecule has 0 fully saturated rings. The van der Waals surface area contributed by atoms with E-state index in [9.17, 15) is 9.59 Å². The van der Waals surface area contributed by atoms with Crippen LogP contribution in [-0.2, 0) is 38.0 Å². The minimum absolute atomic E-state index is 0.0813. The van der Waals surface area contributed by atoms with Crippen molar-refractivity contribution in [1.82, 2.24) is 0 Å². The average molecular weight is 288 g/mol. The van der Waals surface area contributed by atoms with Crippen molar-refractivity contribution in [2.24, 2.45) is 0 Å². The Morgan fingerprint density at radius 2 is 1.20 bits per heavy atom. The van der Waals surface area contributed by atoms with Crippen molar-refractivity contribution in [3.8, 4) is 0 Å². The van der Waals surface area contributed by atoms with Gasteiger partial charge in [-0.3, -0.25) is 0 Å². The number of rotatable bonds is 4. The third-order valence-electron chi connectivity index (χ3n) is 2.33. The highest BCUT2D eigenvalue weighted by molar-refractivity contribution is 5.78. The summed E-state index contributed by atoms with van der Waals surface area (Å²) in [4.78, 5) is 23.1. The van der Waals surface area contributed by atoms with Gasteiger partial charge in [0.15, 0.2) is 0 Å². The molecular formula is C12H16O8. The van der Waals surface area contributed by atoms with E-state index >= 15 is 0 Å². The number of methoxy groups -OCH3 is 4. The van der Waals surface area contributed by atoms with Crippen molar-refractivity contribution in [3.05, 3.63) is 24.0 Å². The predicted octanol–water partition coefficient (Wildman–Crippen LogP) is 0.0920. The molecule has 1 aliphatic heterocycles. The van der Waals surface area contributed by atoms with Gasteiger partial charge in [0.1, 0.15) is 0 Å². The molecule has 2 unspecified atom stereocenters. The molecule has 0 saturated heterocycles. The van der Waals surface area contributed by atoms with Gasteiger partial charge >= 0.3 is 11.9 Å². The summed E-state index contributed by atoms with van der Waals surface area (Å²) in [6.45, 7) is 0. The van der Waals surface area contributed by atoms with Crippen LogP contribution in [0.2, 0.25) is 0 Å². The van der Waals surface area contributed by atoms with E-state index in [1.54, 1.807) is 0 Å². The molecule has 0 aliphatic carbocycles. The lowest BCUT2D eigenvalue weighted by Crippen LogP contribution is -2.30. The number of esters is 2. The summed E-state index contributed by atoms with van der Waals surface area (Å²) in [5.41, 5.74) is 0. The van der Waals surface area contributed by atoms with Crippen molar-refractivity contribution in [2.75, 3.05) is 28.4 Å². The molecule has 0 amide bonds. The molecule has 0 aromatic carbocycles. The molecule has 1 rings (SSSR count). The van der Waals surface area contributed by atoms with Crippen LogP contribution in [-0.4, -0.2) is 52.6 Å². The third-order valence-corrected chi connectivity index (χ3v) is 2.33. The smallest absolute Gasteiger partial charge is 0.351 e. The maximum Gasteiger partial charge on any atom is 0.351 e. The van der Waals surface area contributed by atoms with Gasteiger partial charge in [-0.15, -0.1) is 0 Å². The van der Waals surface area contributed by atoms with Crippen LogP contribution in [0.4, 0.5) is 0 Å². The minimum atomic E-state index is -1.13. The molecule has 0 aromatic heterocycles. The lowest BCUT2D eigenvalue weighted by atomic mass is 10.3. The largest absolute Gasteiger partial charge is 0.469 e. The van der Waals surface area contributed by atoms with E-state index < -0.39 is 24.1 Å². The van der Waals surface area contributed by atoms with Gasteiger partial charge in [0.05, 0.1) is 28.4 Å². The maximum atomic E-state index is 11.5. The molecule has 0 aromatic rings. The zero-order chi connectivity index (χ0) is 15.1. The topological polar surface area (TPSA) is 89.5 Å². The van der Waals surface area contributed by atoms with Crippen LogP contribution in [0.3, 0.4) is 0 Å². The molecule has 20 heavy (non-hydrogen) atoms. The standard InChI is InChI=1S/C12H16O8/c1-15-9-5-7(11(13)17-3)20-10(16-2)6-8(19-9)12(14)18-4/h5-8H,1-4H3. The Hall–Kier alpha value is -2.38. The summed E-state index contributed by atoms with van der Waals surface area (Å²) >= 11 is 0. The Morgan fingerprint density at radius 1 is 0.850 bits per heavy atom. The number of carbonyl (C=O) groups is 2. The van der Waals surface area contributed by atoms with Gasteiger partial charge in [0.2, 0.25) is 12.2 Å². The molecule has 112 valence electrons. The summed E-state index contributed by atoms with van der Waals surface area (Å²) < 4.78 is 29.5. The quantitative estimate of drug-likeness (QED) is 0.672. The summed E-state index contributed by atoms with van der Waals surface area (Å²) in [7, 11) is 5.05. The molecule has 0 N–H and O–H groups in total. The molecule has 0 spiro atoms. The summed E-state index contributed by atoms with van der Waals surface area (Å²) in [6, 6.07) is 0. The number of carbonyl (C=O) groups excluding carboxylic acids is 2. The first-order valence-electron chi connectivity index (χ1n) is 5.56. The van der Waals surface area contributed by atoms with Gasteiger partial charge in [-0.1, -0.05) is 0 Å². The monoisotopic (exact) mass is 288 g/mol. The van der Waals surface area contributed by atoms with Crippen LogP contribution >= 0.6 is 0 Å². The third kappa shape index (κ3) is 3.81. The fraction of sp³-hybridized carbons (Fsp3) is 0.500. The lowest BCUT2D eigenvalue weighted by molar-refractivity contribution is -0.155. The number of hydrogen-bond acceptors (Lipinski definition) is 8. The van der Waals surface area contributed by atoms with Crippen LogP contribution in [0.5, 0.6) is 0 Å². The maximum absolute atomic E-state index is 11.5. The van der Waals surface area contributed by atoms with E-state index in [1.165, 1.54) is 40.6 Å². The van der Waals surface area contributed by atoms with Gasteiger partial charge in [-0.25, -0.2) is 9.59 Å². The second kappa shape index (κ2) is 7.27. The second-order valence-electron chi connectivity index (χ2n) is 3.50. The molecule has 0 bridgehead atoms. The fourth-order valence-corrected chi connectivity index (χ4v) is 1.34. The van der Waals surface area contributed by atoms with Crippen molar-refractivity contribution < 1.29 is 38.0 Å². The first-order valence-corrected chi connectivity index (χ1v) is 5.56. The van der Waals surface area contributed by atoms with Crippen molar-refractivity contribution in [2.45, 2.75) is 12.2 Å². The first-order chi connectivity index (χ1) is 9.55. The Bertz CT molecular complexity index is 385. The Balaban J connectivity index is 3.07. The van der Waals surface area contributed by atoms with Gasteiger partial charge in [-0.2, -0.15) is 0 Å². The highest BCUT2D eigenvalue weighted by Gasteiger charge is 2.30. The van der Waals surface area contributed by atoms with Crippen LogP contribution in [0.1, 0.15) is 0 Å². The van der Waals surface area contributed by atoms with Crippen LogP contribution in [0, 0.1) is 0 Å². The minimum Gasteiger partial charge on any atom is -0.469 e. The molecule has 0 saturated carbocycles. The SMILES string of the molecule is COC(=O)C1C=C(OC)OC(C(=O)OC)C=C(OC)O1. The molecule has 2 atom stereocenters. The van der Waals surface area contributed by atoms with Crippen LogP contribution < -0.4 is 0 Å². The molecule has 1 heterocycles. The van der Waals surface area contributed by atoms with Crippen molar-refractivity contribution in [3.63, 3.8) is 0 Å². The lowest BCUT2D eigenvalue weighted by Gasteiger charge is -2.22. The highest BCUT2D eigenvalue weighted by Crippen LogP contribution is 2.18. The van der Waals surface area contributed by atoms with E-state index in [0.29, 0.717) is 0 Å². The van der Waals surface area contributed by atoms with Gasteiger partial charge in [-0.05, 0) is 0 Å². The second-order valence-corrected chi connectivity index (χ2v) is 3.50. The predicted molar refractivity (Wildman–Crippen MR) is 64.0 cm³/mol. The van der Waals surface area contributed by atoms with E-state index in [2.05, 4.69) is 9.47 Å². The normalized spacial score (nSPS) is 21.8. The zero-order valence-corrected chi connectivity index (χ0v) is 11.6. The summed E-state index contributed by atoms with van der Waals surface area (Å²) in [6.07, 6.45) is 0.182. The summed E-state index contributed by atoms with van der Waals surface area (Å²) in [5.74, 6) is -1.52. The number of hydrogen-bond donors (Lipinski definition) is 0. The molecule has 8 heteroatoms. The van der Waals surface area contributed by atoms with Crippen molar-refractivity contribution >= 4 is 11.9 Å². The van der Waals surface area contributed by atoms with Crippen LogP contribution in [0.15, 0.2) is 24.0 Å².